The maximum absolute atomic E-state index is 15.6. The third kappa shape index (κ3) is 8.31. The van der Waals surface area contributed by atoms with Crippen molar-refractivity contribution in [2.24, 2.45) is 0 Å². The summed E-state index contributed by atoms with van der Waals surface area (Å²) in [6.07, 6.45) is 0. The first-order valence-corrected chi connectivity index (χ1v) is 24.5. The van der Waals surface area contributed by atoms with Gasteiger partial charge in [0.15, 0.2) is 0 Å². The molecule has 346 valence electrons. The maximum Gasteiger partial charge on any atom is 0.125 e. The minimum Gasteiger partial charge on any atom is -0.310 e. The molecule has 0 atom stereocenters. The van der Waals surface area contributed by atoms with E-state index in [1.54, 1.807) is 24.3 Å². The van der Waals surface area contributed by atoms with Crippen molar-refractivity contribution in [3.63, 3.8) is 0 Å². The van der Waals surface area contributed by atoms with E-state index in [4.69, 9.17) is 0 Å². The van der Waals surface area contributed by atoms with Gasteiger partial charge in [-0.25, -0.2) is 8.78 Å². The summed E-state index contributed by atoms with van der Waals surface area (Å²) in [5.41, 5.74) is 18.4. The van der Waals surface area contributed by atoms with E-state index in [1.165, 1.54) is 34.4 Å². The van der Waals surface area contributed by atoms with Gasteiger partial charge in [-0.1, -0.05) is 168 Å². The van der Waals surface area contributed by atoms with Crippen LogP contribution in [0.4, 0.5) is 42.9 Å². The number of halogens is 2. The quantitative estimate of drug-likeness (QED) is 0.126. The summed E-state index contributed by atoms with van der Waals surface area (Å²) in [4.78, 5) is 4.41. The van der Waals surface area contributed by atoms with Gasteiger partial charge in [0, 0.05) is 33.5 Å². The van der Waals surface area contributed by atoms with Crippen molar-refractivity contribution < 1.29 is 8.78 Å². The highest BCUT2D eigenvalue weighted by atomic mass is 19.1. The maximum atomic E-state index is 15.6. The Morgan fingerprint density at radius 2 is 0.583 bits per heavy atom. The van der Waals surface area contributed by atoms with Gasteiger partial charge in [-0.3, -0.25) is 0 Å². The number of rotatable bonds is 10. The lowest BCUT2D eigenvalue weighted by Gasteiger charge is -2.30. The smallest absolute Gasteiger partial charge is 0.125 e. The molecular formula is C68H50F2N2. The molecular weight excluding hydrogens is 883 g/mol. The van der Waals surface area contributed by atoms with Crippen LogP contribution in [0.1, 0.15) is 22.3 Å². The van der Waals surface area contributed by atoms with Gasteiger partial charge in [-0.15, -0.1) is 0 Å². The van der Waals surface area contributed by atoms with Crippen molar-refractivity contribution in [1.29, 1.82) is 0 Å². The van der Waals surface area contributed by atoms with E-state index in [9.17, 15) is 0 Å². The third-order valence-electron chi connectivity index (χ3n) is 14.0. The Kier molecular flexibility index (Phi) is 11.2. The molecule has 2 nitrogen and oxygen atoms in total. The Morgan fingerprint density at radius 3 is 0.903 bits per heavy atom. The first-order valence-electron chi connectivity index (χ1n) is 24.5. The summed E-state index contributed by atoms with van der Waals surface area (Å²) >= 11 is 0. The van der Waals surface area contributed by atoms with Crippen LogP contribution in [0.3, 0.4) is 0 Å². The average molecular weight is 933 g/mol. The molecule has 0 unspecified atom stereocenters. The van der Waals surface area contributed by atoms with Crippen molar-refractivity contribution in [3.8, 4) is 44.5 Å². The van der Waals surface area contributed by atoms with Crippen LogP contribution in [0.25, 0.3) is 76.8 Å². The monoisotopic (exact) mass is 932 g/mol. The standard InChI is InChI=1S/C68H50F2N2/c1-43-11-5-15-49(31-43)53-35-54(50-16-6-12-44(2)32-50)38-61(37-53)71(59-21-9-19-57(69)41-59)65-29-25-47-24-28-64-66(30-26-48-23-27-63(65)67(47)68(48)64)72(60-22-10-20-58(70)42-60)62-39-55(51-17-7-13-45(3)33-51)36-56(40-62)52-18-8-14-46(4)34-52/h5-42H,1-4H3. The molecule has 72 heavy (non-hydrogen) atoms. The molecule has 4 heteroatoms. The summed E-state index contributed by atoms with van der Waals surface area (Å²) in [7, 11) is 0. The van der Waals surface area contributed by atoms with Gasteiger partial charge < -0.3 is 9.80 Å². The predicted octanol–water partition coefficient (Wildman–Crippen LogP) is 19.7. The first kappa shape index (κ1) is 44.4. The Bertz CT molecular complexity index is 3650. The fourth-order valence-corrected chi connectivity index (χ4v) is 10.7. The van der Waals surface area contributed by atoms with Gasteiger partial charge in [-0.05, 0) is 179 Å². The molecule has 12 aromatic rings. The molecule has 0 spiro atoms. The highest BCUT2D eigenvalue weighted by Crippen LogP contribution is 2.49. The van der Waals surface area contributed by atoms with E-state index in [0.717, 1.165) is 99.6 Å². The number of hydrogen-bond acceptors (Lipinski definition) is 2. The second kappa shape index (κ2) is 18.1. The molecule has 0 fully saturated rings. The van der Waals surface area contributed by atoms with Crippen LogP contribution >= 0.6 is 0 Å². The normalized spacial score (nSPS) is 11.5. The van der Waals surface area contributed by atoms with E-state index in [2.05, 4.69) is 219 Å². The first-order chi connectivity index (χ1) is 35.1. The lowest BCUT2D eigenvalue weighted by atomic mass is 9.91. The average Bonchev–Trinajstić information content (AvgIpc) is 3.39. The van der Waals surface area contributed by atoms with Crippen LogP contribution in [0, 0.1) is 39.3 Å². The zero-order valence-corrected chi connectivity index (χ0v) is 40.6. The van der Waals surface area contributed by atoms with Crippen molar-refractivity contribution in [2.45, 2.75) is 27.7 Å². The summed E-state index contributed by atoms with van der Waals surface area (Å²) in [5, 5.41) is 6.38. The van der Waals surface area contributed by atoms with E-state index in [1.807, 2.05) is 12.1 Å². The Hall–Kier alpha value is -8.86. The number of nitrogens with zero attached hydrogens (tertiary/aromatic N) is 2. The highest BCUT2D eigenvalue weighted by Gasteiger charge is 2.24. The van der Waals surface area contributed by atoms with Crippen LogP contribution in [-0.2, 0) is 0 Å². The molecule has 0 amide bonds. The third-order valence-corrected chi connectivity index (χ3v) is 14.0. The fourth-order valence-electron chi connectivity index (χ4n) is 10.7. The van der Waals surface area contributed by atoms with Gasteiger partial charge in [0.1, 0.15) is 11.6 Å². The predicted molar refractivity (Wildman–Crippen MR) is 300 cm³/mol. The lowest BCUT2D eigenvalue weighted by molar-refractivity contribution is 0.627. The summed E-state index contributed by atoms with van der Waals surface area (Å²) in [6.45, 7) is 8.47. The molecule has 0 heterocycles. The Morgan fingerprint density at radius 1 is 0.264 bits per heavy atom. The van der Waals surface area contributed by atoms with Gasteiger partial charge in [0.2, 0.25) is 0 Å². The number of benzene rings is 12. The van der Waals surface area contributed by atoms with E-state index in [0.29, 0.717) is 11.4 Å². The van der Waals surface area contributed by atoms with Crippen molar-refractivity contribution in [3.05, 3.63) is 264 Å². The molecule has 12 rings (SSSR count). The summed E-state index contributed by atoms with van der Waals surface area (Å²) in [6, 6.07) is 79.1. The molecule has 0 radical (unpaired) electrons. The van der Waals surface area contributed by atoms with Crippen LogP contribution < -0.4 is 9.80 Å². The highest BCUT2D eigenvalue weighted by molar-refractivity contribution is 6.28. The SMILES string of the molecule is Cc1cccc(-c2cc(-c3cccc(C)c3)cc(N(c3cccc(F)c3)c3ccc4ccc5c(N(c6cccc(F)c6)c6cc(-c7cccc(C)c7)cc(-c7cccc(C)c7)c6)ccc6ccc3c4c65)c2)c1. The van der Waals surface area contributed by atoms with Crippen LogP contribution in [0.2, 0.25) is 0 Å². The van der Waals surface area contributed by atoms with Crippen LogP contribution in [-0.4, -0.2) is 0 Å². The van der Waals surface area contributed by atoms with Gasteiger partial charge in [0.05, 0.1) is 11.4 Å². The number of aryl methyl sites for hydroxylation is 4. The van der Waals surface area contributed by atoms with E-state index >= 15 is 8.78 Å². The molecule has 0 N–H and O–H groups in total. The minimum absolute atomic E-state index is 0.317. The molecule has 0 saturated carbocycles. The summed E-state index contributed by atoms with van der Waals surface area (Å²) < 4.78 is 31.2. The van der Waals surface area contributed by atoms with Crippen molar-refractivity contribution >= 4 is 66.4 Å². The zero-order valence-electron chi connectivity index (χ0n) is 40.6. The van der Waals surface area contributed by atoms with Gasteiger partial charge in [-0.2, -0.15) is 0 Å². The molecule has 0 aliphatic carbocycles. The summed E-state index contributed by atoms with van der Waals surface area (Å²) in [5.74, 6) is -0.633. The lowest BCUT2D eigenvalue weighted by Crippen LogP contribution is -2.12. The molecule has 0 aliphatic rings. The second-order valence-corrected chi connectivity index (χ2v) is 19.2. The Labute approximate surface area is 419 Å². The van der Waals surface area contributed by atoms with Crippen LogP contribution in [0.5, 0.6) is 0 Å². The second-order valence-electron chi connectivity index (χ2n) is 19.2. The van der Waals surface area contributed by atoms with Crippen molar-refractivity contribution in [1.82, 2.24) is 0 Å². The molecule has 12 aromatic carbocycles. The zero-order chi connectivity index (χ0) is 49.0. The van der Waals surface area contributed by atoms with Gasteiger partial charge >= 0.3 is 0 Å². The van der Waals surface area contributed by atoms with Crippen LogP contribution in [0.15, 0.2) is 231 Å². The number of anilines is 6. The van der Waals surface area contributed by atoms with E-state index in [-0.39, 0.29) is 11.6 Å². The van der Waals surface area contributed by atoms with Crippen molar-refractivity contribution in [2.75, 3.05) is 9.80 Å². The van der Waals surface area contributed by atoms with Gasteiger partial charge in [0.25, 0.3) is 0 Å². The molecule has 0 aliphatic heterocycles. The molecule has 0 aromatic heterocycles. The van der Waals surface area contributed by atoms with E-state index < -0.39 is 0 Å². The number of hydrogen-bond donors (Lipinski definition) is 0. The fraction of sp³-hybridized carbons (Fsp3) is 0.0588. The Balaban J connectivity index is 1.11. The minimum atomic E-state index is -0.317. The molecule has 0 saturated heterocycles. The molecule has 0 bridgehead atoms. The topological polar surface area (TPSA) is 6.48 Å². The largest absolute Gasteiger partial charge is 0.310 e.